The number of nitrogens with one attached hydrogen (secondary N) is 1. The maximum atomic E-state index is 12.0. The molecule has 0 saturated heterocycles. The maximum absolute atomic E-state index is 12.0. The Morgan fingerprint density at radius 3 is 2.71 bits per heavy atom. The molecule has 8 heteroatoms. The second kappa shape index (κ2) is 8.03. The molecule has 0 aliphatic carbocycles. The number of rotatable bonds is 5. The van der Waals surface area contributed by atoms with E-state index in [1.54, 1.807) is 24.3 Å². The Morgan fingerprint density at radius 1 is 1.25 bits per heavy atom. The van der Waals surface area contributed by atoms with Crippen molar-refractivity contribution >= 4 is 50.8 Å². The molecule has 24 heavy (non-hydrogen) atoms. The maximum Gasteiger partial charge on any atom is 0.340 e. The number of esters is 1. The minimum Gasteiger partial charge on any atom is -0.495 e. The summed E-state index contributed by atoms with van der Waals surface area (Å²) in [4.78, 5) is 24.0. The summed E-state index contributed by atoms with van der Waals surface area (Å²) in [5, 5.41) is 3.00. The first-order chi connectivity index (χ1) is 11.4. The summed E-state index contributed by atoms with van der Waals surface area (Å²) in [5.74, 6) is -0.783. The summed E-state index contributed by atoms with van der Waals surface area (Å²) < 4.78 is 10.8. The van der Waals surface area contributed by atoms with Gasteiger partial charge in [0.1, 0.15) is 5.75 Å². The van der Waals surface area contributed by atoms with Gasteiger partial charge in [0, 0.05) is 15.2 Å². The minimum absolute atomic E-state index is 0.178. The number of ether oxygens (including phenoxy) is 2. The van der Waals surface area contributed by atoms with Crippen LogP contribution in [0.4, 0.5) is 11.4 Å². The van der Waals surface area contributed by atoms with E-state index >= 15 is 0 Å². The third-order valence-corrected chi connectivity index (χ3v) is 3.73. The van der Waals surface area contributed by atoms with Crippen molar-refractivity contribution in [2.75, 3.05) is 24.8 Å². The number of methoxy groups -OCH3 is 1. The highest BCUT2D eigenvalue weighted by atomic mass is 79.9. The Hall–Kier alpha value is -2.25. The molecular formula is C16H14BrClN2O4. The van der Waals surface area contributed by atoms with Gasteiger partial charge >= 0.3 is 5.97 Å². The Balaban J connectivity index is 2.00. The number of anilines is 2. The molecule has 0 heterocycles. The summed E-state index contributed by atoms with van der Waals surface area (Å²) >= 11 is 9.13. The largest absolute Gasteiger partial charge is 0.495 e. The van der Waals surface area contributed by atoms with Crippen LogP contribution in [0.3, 0.4) is 0 Å². The van der Waals surface area contributed by atoms with Crippen molar-refractivity contribution in [3.05, 3.63) is 51.5 Å². The molecule has 2 aromatic carbocycles. The lowest BCUT2D eigenvalue weighted by Crippen LogP contribution is -2.21. The Labute approximate surface area is 152 Å². The van der Waals surface area contributed by atoms with Gasteiger partial charge in [-0.2, -0.15) is 0 Å². The highest BCUT2D eigenvalue weighted by Gasteiger charge is 2.15. The van der Waals surface area contributed by atoms with Gasteiger partial charge < -0.3 is 20.5 Å². The average molecular weight is 414 g/mol. The van der Waals surface area contributed by atoms with E-state index in [0.29, 0.717) is 20.9 Å². The normalized spacial score (nSPS) is 10.1. The zero-order valence-corrected chi connectivity index (χ0v) is 15.0. The van der Waals surface area contributed by atoms with E-state index in [-0.39, 0.29) is 11.3 Å². The van der Waals surface area contributed by atoms with Crippen molar-refractivity contribution in [3.8, 4) is 5.75 Å². The van der Waals surface area contributed by atoms with Crippen molar-refractivity contribution < 1.29 is 19.1 Å². The number of amides is 1. The highest BCUT2D eigenvalue weighted by Crippen LogP contribution is 2.27. The number of benzene rings is 2. The smallest absolute Gasteiger partial charge is 0.340 e. The topological polar surface area (TPSA) is 90.6 Å². The molecule has 0 aromatic heterocycles. The van der Waals surface area contributed by atoms with Crippen LogP contribution in [0.2, 0.25) is 5.02 Å². The molecule has 1 amide bonds. The van der Waals surface area contributed by atoms with Gasteiger partial charge in [0.05, 0.1) is 18.4 Å². The third kappa shape index (κ3) is 4.62. The predicted molar refractivity (Wildman–Crippen MR) is 95.5 cm³/mol. The molecule has 0 fully saturated rings. The molecule has 0 bridgehead atoms. The van der Waals surface area contributed by atoms with E-state index in [9.17, 15) is 9.59 Å². The van der Waals surface area contributed by atoms with Crippen molar-refractivity contribution in [1.82, 2.24) is 0 Å². The lowest BCUT2D eigenvalue weighted by molar-refractivity contribution is -0.119. The zero-order valence-electron chi connectivity index (χ0n) is 12.6. The van der Waals surface area contributed by atoms with Gasteiger partial charge in [-0.3, -0.25) is 4.79 Å². The van der Waals surface area contributed by atoms with Gasteiger partial charge in [-0.05, 0) is 36.4 Å². The first-order valence-electron chi connectivity index (χ1n) is 6.76. The first-order valence-corrected chi connectivity index (χ1v) is 7.93. The molecule has 0 radical (unpaired) electrons. The van der Waals surface area contributed by atoms with Crippen LogP contribution >= 0.6 is 27.5 Å². The number of nitrogens with two attached hydrogens (primary N) is 1. The molecule has 0 saturated carbocycles. The molecule has 0 aliphatic rings. The second-order valence-corrected chi connectivity index (χ2v) is 6.05. The van der Waals surface area contributed by atoms with Gasteiger partial charge in [-0.15, -0.1) is 0 Å². The fraction of sp³-hybridized carbons (Fsp3) is 0.125. The van der Waals surface area contributed by atoms with E-state index < -0.39 is 18.5 Å². The highest BCUT2D eigenvalue weighted by molar-refractivity contribution is 9.10. The van der Waals surface area contributed by atoms with Crippen LogP contribution in [0.15, 0.2) is 40.9 Å². The van der Waals surface area contributed by atoms with Crippen LogP contribution in [0.25, 0.3) is 0 Å². The summed E-state index contributed by atoms with van der Waals surface area (Å²) in [6.07, 6.45) is 0. The summed E-state index contributed by atoms with van der Waals surface area (Å²) in [6.45, 7) is -0.472. The van der Waals surface area contributed by atoms with Crippen molar-refractivity contribution in [1.29, 1.82) is 0 Å². The molecule has 2 rings (SSSR count). The van der Waals surface area contributed by atoms with Crippen LogP contribution in [0.5, 0.6) is 5.75 Å². The minimum atomic E-state index is -0.693. The van der Waals surface area contributed by atoms with Crippen molar-refractivity contribution in [3.63, 3.8) is 0 Å². The number of carbonyl (C=O) groups excluding carboxylic acids is 2. The molecule has 6 nitrogen and oxygen atoms in total. The van der Waals surface area contributed by atoms with Gasteiger partial charge in [0.2, 0.25) is 0 Å². The van der Waals surface area contributed by atoms with E-state index in [1.807, 2.05) is 0 Å². The van der Waals surface area contributed by atoms with Crippen LogP contribution < -0.4 is 15.8 Å². The Morgan fingerprint density at radius 2 is 2.00 bits per heavy atom. The van der Waals surface area contributed by atoms with Crippen LogP contribution in [-0.2, 0) is 9.53 Å². The van der Waals surface area contributed by atoms with Gasteiger partial charge in [0.25, 0.3) is 5.91 Å². The fourth-order valence-corrected chi connectivity index (χ4v) is 2.41. The average Bonchev–Trinajstić information content (AvgIpc) is 2.55. The fourth-order valence-electron chi connectivity index (χ4n) is 1.88. The summed E-state index contributed by atoms with van der Waals surface area (Å²) in [6, 6.07) is 9.57. The van der Waals surface area contributed by atoms with Crippen LogP contribution in [0, 0.1) is 0 Å². The number of carbonyl (C=O) groups is 2. The van der Waals surface area contributed by atoms with Crippen LogP contribution in [-0.4, -0.2) is 25.6 Å². The molecule has 3 N–H and O–H groups in total. The number of nitrogen functional groups attached to an aromatic ring is 1. The van der Waals surface area contributed by atoms with Crippen molar-refractivity contribution in [2.24, 2.45) is 0 Å². The molecule has 0 aliphatic heterocycles. The molecule has 0 atom stereocenters. The van der Waals surface area contributed by atoms with Crippen molar-refractivity contribution in [2.45, 2.75) is 0 Å². The zero-order chi connectivity index (χ0) is 17.7. The van der Waals surface area contributed by atoms with E-state index in [4.69, 9.17) is 26.8 Å². The molecular weight excluding hydrogens is 400 g/mol. The van der Waals surface area contributed by atoms with E-state index in [1.165, 1.54) is 19.2 Å². The summed E-state index contributed by atoms with van der Waals surface area (Å²) in [5.41, 5.74) is 6.55. The van der Waals surface area contributed by atoms with E-state index in [2.05, 4.69) is 21.2 Å². The quantitative estimate of drug-likeness (QED) is 0.578. The Bertz CT molecular complexity index is 783. The molecule has 126 valence electrons. The second-order valence-electron chi connectivity index (χ2n) is 4.70. The van der Waals surface area contributed by atoms with Gasteiger partial charge in [0.15, 0.2) is 6.61 Å². The van der Waals surface area contributed by atoms with Gasteiger partial charge in [-0.25, -0.2) is 4.79 Å². The standard InChI is InChI=1S/C16H14BrClN2O4/c1-23-14-5-3-10(18)7-13(14)20-15(21)8-24-16(22)11-6-9(17)2-4-12(11)19/h2-7H,8,19H2,1H3,(H,20,21). The SMILES string of the molecule is COc1ccc(Cl)cc1NC(=O)COC(=O)c1cc(Br)ccc1N. The number of halogens is 2. The monoisotopic (exact) mass is 412 g/mol. The predicted octanol–water partition coefficient (Wildman–Crippen LogP) is 3.49. The third-order valence-electron chi connectivity index (χ3n) is 3.01. The molecule has 2 aromatic rings. The van der Waals surface area contributed by atoms with E-state index in [0.717, 1.165) is 0 Å². The molecule has 0 unspecified atom stereocenters. The van der Waals surface area contributed by atoms with Crippen LogP contribution in [0.1, 0.15) is 10.4 Å². The van der Waals surface area contributed by atoms with Gasteiger partial charge in [-0.1, -0.05) is 27.5 Å². The molecule has 0 spiro atoms. The lowest BCUT2D eigenvalue weighted by atomic mass is 10.2. The summed E-state index contributed by atoms with van der Waals surface area (Å²) in [7, 11) is 1.47. The number of hydrogen-bond acceptors (Lipinski definition) is 5. The Kier molecular flexibility index (Phi) is 6.05. The number of hydrogen-bond donors (Lipinski definition) is 2. The lowest BCUT2D eigenvalue weighted by Gasteiger charge is -2.11. The first kappa shape index (κ1) is 18.1.